The van der Waals surface area contributed by atoms with Gasteiger partial charge in [0.1, 0.15) is 0 Å². The maximum atomic E-state index is 12.6. The quantitative estimate of drug-likeness (QED) is 0.823. The third kappa shape index (κ3) is 2.79. The van der Waals surface area contributed by atoms with Crippen molar-refractivity contribution in [1.82, 2.24) is 15.1 Å². The van der Waals surface area contributed by atoms with Gasteiger partial charge in [-0.1, -0.05) is 12.8 Å². The maximum absolute atomic E-state index is 12.6. The predicted molar refractivity (Wildman–Crippen MR) is 89.7 cm³/mol. The summed E-state index contributed by atoms with van der Waals surface area (Å²) in [6, 6.07) is 1.14. The molecule has 0 aromatic rings. The number of carboxylic acids is 1. The van der Waals surface area contributed by atoms with Crippen molar-refractivity contribution in [3.63, 3.8) is 0 Å². The highest BCUT2D eigenvalue weighted by Crippen LogP contribution is 2.48. The number of fused-ring (bicyclic) bond motifs is 1. The molecule has 4 rings (SSSR count). The molecule has 2 saturated carbocycles. The van der Waals surface area contributed by atoms with Crippen molar-refractivity contribution in [1.29, 1.82) is 0 Å². The van der Waals surface area contributed by atoms with E-state index < -0.39 is 11.4 Å². The molecule has 0 radical (unpaired) electrons. The molecule has 6 nitrogen and oxygen atoms in total. The molecule has 6 heteroatoms. The van der Waals surface area contributed by atoms with Crippen molar-refractivity contribution in [2.24, 2.45) is 11.3 Å². The Morgan fingerprint density at radius 2 is 1.96 bits per heavy atom. The molecule has 4 aliphatic rings. The smallest absolute Gasteiger partial charge is 0.317 e. The van der Waals surface area contributed by atoms with Gasteiger partial charge in [-0.05, 0) is 51.0 Å². The molecule has 134 valence electrons. The number of piperidine rings is 1. The van der Waals surface area contributed by atoms with Crippen molar-refractivity contribution in [2.75, 3.05) is 26.2 Å². The number of hydrogen-bond acceptors (Lipinski definition) is 3. The summed E-state index contributed by atoms with van der Waals surface area (Å²) >= 11 is 0. The number of urea groups is 1. The van der Waals surface area contributed by atoms with E-state index in [9.17, 15) is 14.7 Å². The number of nitrogens with zero attached hydrogens (tertiary/aromatic N) is 2. The Bertz CT molecular complexity index is 522. The normalized spacial score (nSPS) is 36.6. The number of carbonyl (C=O) groups is 2. The number of aliphatic carboxylic acids is 1. The Balaban J connectivity index is 1.33. The highest BCUT2D eigenvalue weighted by molar-refractivity contribution is 5.80. The van der Waals surface area contributed by atoms with Gasteiger partial charge in [0.05, 0.1) is 5.41 Å². The molecule has 24 heavy (non-hydrogen) atoms. The number of amides is 2. The number of nitrogens with one attached hydrogen (secondary N) is 1. The van der Waals surface area contributed by atoms with Crippen LogP contribution in [0.25, 0.3) is 0 Å². The van der Waals surface area contributed by atoms with E-state index in [1.165, 1.54) is 38.6 Å². The van der Waals surface area contributed by atoms with Crippen LogP contribution in [0.3, 0.4) is 0 Å². The van der Waals surface area contributed by atoms with Crippen LogP contribution in [0.4, 0.5) is 4.79 Å². The van der Waals surface area contributed by atoms with Gasteiger partial charge in [0.25, 0.3) is 0 Å². The summed E-state index contributed by atoms with van der Waals surface area (Å²) < 4.78 is 0. The molecule has 2 aliphatic carbocycles. The summed E-state index contributed by atoms with van der Waals surface area (Å²) in [6.45, 7) is 2.86. The van der Waals surface area contributed by atoms with E-state index in [-0.39, 0.29) is 11.9 Å². The summed E-state index contributed by atoms with van der Waals surface area (Å²) in [5.74, 6) is -0.578. The fraction of sp³-hybridized carbons (Fsp3) is 0.889. The lowest BCUT2D eigenvalue weighted by molar-refractivity contribution is -0.149. The van der Waals surface area contributed by atoms with Gasteiger partial charge in [-0.15, -0.1) is 0 Å². The lowest BCUT2D eigenvalue weighted by atomic mass is 9.81. The van der Waals surface area contributed by atoms with Gasteiger partial charge in [-0.2, -0.15) is 0 Å². The van der Waals surface area contributed by atoms with Gasteiger partial charge in [0, 0.05) is 31.7 Å². The molecule has 0 aromatic carbocycles. The molecule has 2 heterocycles. The maximum Gasteiger partial charge on any atom is 0.317 e. The molecule has 0 bridgehead atoms. The van der Waals surface area contributed by atoms with E-state index in [2.05, 4.69) is 10.2 Å². The fourth-order valence-electron chi connectivity index (χ4n) is 5.24. The van der Waals surface area contributed by atoms with Gasteiger partial charge in [0.15, 0.2) is 0 Å². The van der Waals surface area contributed by atoms with Gasteiger partial charge in [-0.25, -0.2) is 4.79 Å². The Morgan fingerprint density at radius 1 is 1.12 bits per heavy atom. The lowest BCUT2D eigenvalue weighted by Crippen LogP contribution is -2.50. The lowest BCUT2D eigenvalue weighted by Gasteiger charge is -2.36. The molecule has 1 unspecified atom stereocenters. The average Bonchev–Trinajstić information content (AvgIpc) is 3.22. The molecule has 2 saturated heterocycles. The van der Waals surface area contributed by atoms with E-state index in [1.807, 2.05) is 0 Å². The first-order chi connectivity index (χ1) is 11.6. The van der Waals surface area contributed by atoms with Crippen LogP contribution in [0.15, 0.2) is 0 Å². The van der Waals surface area contributed by atoms with E-state index in [1.54, 1.807) is 4.90 Å². The minimum atomic E-state index is -0.715. The monoisotopic (exact) mass is 335 g/mol. The Kier molecular flexibility index (Phi) is 4.19. The van der Waals surface area contributed by atoms with E-state index in [0.717, 1.165) is 25.3 Å². The zero-order valence-electron chi connectivity index (χ0n) is 14.4. The second-order valence-electron chi connectivity index (χ2n) is 8.24. The minimum Gasteiger partial charge on any atom is -0.481 e. The average molecular weight is 335 g/mol. The van der Waals surface area contributed by atoms with Crippen LogP contribution in [-0.4, -0.2) is 65.2 Å². The summed E-state index contributed by atoms with van der Waals surface area (Å²) in [4.78, 5) is 28.7. The first-order valence-corrected chi connectivity index (χ1v) is 9.62. The number of carbonyl (C=O) groups excluding carboxylic acids is 1. The largest absolute Gasteiger partial charge is 0.481 e. The Labute approximate surface area is 143 Å². The van der Waals surface area contributed by atoms with Crippen LogP contribution in [0.1, 0.15) is 51.4 Å². The second kappa shape index (κ2) is 6.21. The third-order valence-corrected chi connectivity index (χ3v) is 6.76. The highest BCUT2D eigenvalue weighted by atomic mass is 16.4. The minimum absolute atomic E-state index is 0.0636. The van der Waals surface area contributed by atoms with Gasteiger partial charge < -0.3 is 15.3 Å². The summed E-state index contributed by atoms with van der Waals surface area (Å²) in [6.07, 6.45) is 8.93. The number of hydrogen-bond donors (Lipinski definition) is 2. The molecule has 3 atom stereocenters. The molecule has 0 spiro atoms. The summed E-state index contributed by atoms with van der Waals surface area (Å²) in [5, 5.41) is 12.7. The zero-order valence-corrected chi connectivity index (χ0v) is 14.4. The van der Waals surface area contributed by atoms with Crippen LogP contribution < -0.4 is 5.32 Å². The van der Waals surface area contributed by atoms with Crippen molar-refractivity contribution in [3.05, 3.63) is 0 Å². The number of carboxylic acid groups (broad SMARTS) is 1. The standard InChI is InChI=1S/C18H29N3O3/c22-16(23)18-8-3-4-13(18)11-20(12-18)17(24)19-10-15-5-1-2-9-21(15)14-6-7-14/h13-15H,1-12H2,(H,19,24)(H,22,23)/t13-,15?,18+/m0/s1. The molecule has 0 aromatic heterocycles. The summed E-state index contributed by atoms with van der Waals surface area (Å²) in [5.41, 5.74) is -0.678. The molecular weight excluding hydrogens is 306 g/mol. The SMILES string of the molecule is O=C(NCC1CCCCN1C1CC1)N1C[C@@H]2CCC[C@@]2(C(=O)O)C1. The Hall–Kier alpha value is -1.30. The topological polar surface area (TPSA) is 72.9 Å². The predicted octanol–water partition coefficient (Wildman–Crippen LogP) is 1.90. The molecule has 4 fully saturated rings. The second-order valence-corrected chi connectivity index (χ2v) is 8.24. The first kappa shape index (κ1) is 16.2. The number of likely N-dealkylation sites (tertiary alicyclic amines) is 2. The zero-order chi connectivity index (χ0) is 16.7. The van der Waals surface area contributed by atoms with Crippen LogP contribution >= 0.6 is 0 Å². The van der Waals surface area contributed by atoms with Gasteiger partial charge >= 0.3 is 12.0 Å². The Morgan fingerprint density at radius 3 is 2.67 bits per heavy atom. The summed E-state index contributed by atoms with van der Waals surface area (Å²) in [7, 11) is 0. The highest BCUT2D eigenvalue weighted by Gasteiger charge is 2.55. The van der Waals surface area contributed by atoms with Crippen molar-refractivity contribution >= 4 is 12.0 Å². The van der Waals surface area contributed by atoms with E-state index >= 15 is 0 Å². The number of rotatable bonds is 4. The van der Waals surface area contributed by atoms with Crippen LogP contribution in [0.5, 0.6) is 0 Å². The molecular formula is C18H29N3O3. The van der Waals surface area contributed by atoms with Crippen molar-refractivity contribution in [3.8, 4) is 0 Å². The fourth-order valence-corrected chi connectivity index (χ4v) is 5.24. The first-order valence-electron chi connectivity index (χ1n) is 9.62. The third-order valence-electron chi connectivity index (χ3n) is 6.76. The van der Waals surface area contributed by atoms with Crippen LogP contribution in [0.2, 0.25) is 0 Å². The van der Waals surface area contributed by atoms with Crippen LogP contribution in [0, 0.1) is 11.3 Å². The van der Waals surface area contributed by atoms with Gasteiger partial charge in [-0.3, -0.25) is 9.69 Å². The molecule has 2 N–H and O–H groups in total. The molecule has 2 amide bonds. The van der Waals surface area contributed by atoms with E-state index in [4.69, 9.17) is 0 Å². The van der Waals surface area contributed by atoms with E-state index in [0.29, 0.717) is 25.7 Å². The van der Waals surface area contributed by atoms with Gasteiger partial charge in [0.2, 0.25) is 0 Å². The van der Waals surface area contributed by atoms with Crippen LogP contribution in [-0.2, 0) is 4.79 Å². The molecule has 2 aliphatic heterocycles. The van der Waals surface area contributed by atoms with Crippen molar-refractivity contribution in [2.45, 2.75) is 63.5 Å². The van der Waals surface area contributed by atoms with Crippen molar-refractivity contribution < 1.29 is 14.7 Å².